The van der Waals surface area contributed by atoms with Crippen LogP contribution in [0.2, 0.25) is 0 Å². The quantitative estimate of drug-likeness (QED) is 0.876. The van der Waals surface area contributed by atoms with Crippen LogP contribution < -0.4 is 0 Å². The minimum Gasteiger partial charge on any atom is -0.481 e. The SMILES string of the molecule is O=C(O)CC(N(Cc1cccs1)C1CC1)C(F)(F)F. The molecule has 1 N–H and O–H groups in total. The number of carboxylic acid groups (broad SMARTS) is 1. The molecule has 1 aromatic rings. The van der Waals surface area contributed by atoms with Gasteiger partial charge in [0.25, 0.3) is 0 Å². The van der Waals surface area contributed by atoms with Crippen LogP contribution in [-0.2, 0) is 11.3 Å². The van der Waals surface area contributed by atoms with Gasteiger partial charge in [-0.3, -0.25) is 9.69 Å². The maximum atomic E-state index is 13.0. The van der Waals surface area contributed by atoms with E-state index < -0.39 is 24.6 Å². The van der Waals surface area contributed by atoms with Crippen LogP contribution in [-0.4, -0.2) is 34.2 Å². The van der Waals surface area contributed by atoms with Gasteiger partial charge in [-0.1, -0.05) is 6.07 Å². The predicted molar refractivity (Wildman–Crippen MR) is 65.0 cm³/mol. The van der Waals surface area contributed by atoms with Crippen molar-refractivity contribution in [2.24, 2.45) is 0 Å². The van der Waals surface area contributed by atoms with Crippen LogP contribution in [0.25, 0.3) is 0 Å². The third-order valence-electron chi connectivity index (χ3n) is 3.08. The van der Waals surface area contributed by atoms with E-state index in [1.807, 2.05) is 0 Å². The molecule has 1 heterocycles. The average molecular weight is 293 g/mol. The molecule has 1 aromatic heterocycles. The second kappa shape index (κ2) is 5.50. The molecule has 106 valence electrons. The number of hydrogen-bond acceptors (Lipinski definition) is 3. The predicted octanol–water partition coefficient (Wildman–Crippen LogP) is 3.12. The van der Waals surface area contributed by atoms with E-state index in [1.165, 1.54) is 16.2 Å². The largest absolute Gasteiger partial charge is 0.481 e. The Morgan fingerprint density at radius 3 is 2.63 bits per heavy atom. The lowest BCUT2D eigenvalue weighted by molar-refractivity contribution is -0.193. The first kappa shape index (κ1) is 14.3. The van der Waals surface area contributed by atoms with Crippen molar-refractivity contribution in [3.05, 3.63) is 22.4 Å². The first-order valence-corrected chi connectivity index (χ1v) is 6.82. The average Bonchev–Trinajstić information content (AvgIpc) is 3.00. The lowest BCUT2D eigenvalue weighted by Crippen LogP contribution is -2.47. The van der Waals surface area contributed by atoms with Crippen molar-refractivity contribution in [1.29, 1.82) is 0 Å². The summed E-state index contributed by atoms with van der Waals surface area (Å²) in [7, 11) is 0. The molecule has 0 radical (unpaired) electrons. The highest BCUT2D eigenvalue weighted by Crippen LogP contribution is 2.37. The standard InChI is InChI=1S/C12H14F3NO2S/c13-12(14,15)10(6-11(17)18)16(8-3-4-8)7-9-2-1-5-19-9/h1-2,5,8,10H,3-4,6-7H2,(H,17,18). The summed E-state index contributed by atoms with van der Waals surface area (Å²) >= 11 is 1.39. The zero-order valence-electron chi connectivity index (χ0n) is 10.1. The van der Waals surface area contributed by atoms with Gasteiger partial charge < -0.3 is 5.11 Å². The van der Waals surface area contributed by atoms with Gasteiger partial charge in [-0.2, -0.15) is 13.2 Å². The van der Waals surface area contributed by atoms with Crippen LogP contribution in [0.15, 0.2) is 17.5 Å². The Balaban J connectivity index is 2.16. The minimum absolute atomic E-state index is 0.145. The van der Waals surface area contributed by atoms with Crippen molar-refractivity contribution in [2.75, 3.05) is 0 Å². The van der Waals surface area contributed by atoms with Gasteiger partial charge in [0.1, 0.15) is 6.04 Å². The van der Waals surface area contributed by atoms with Gasteiger partial charge in [0.15, 0.2) is 0 Å². The third kappa shape index (κ3) is 3.94. The number of alkyl halides is 3. The molecule has 0 aliphatic heterocycles. The second-order valence-electron chi connectivity index (χ2n) is 4.64. The molecule has 0 aromatic carbocycles. The third-order valence-corrected chi connectivity index (χ3v) is 3.94. The molecule has 0 amide bonds. The summed E-state index contributed by atoms with van der Waals surface area (Å²) in [5, 5.41) is 10.5. The minimum atomic E-state index is -4.52. The first-order valence-electron chi connectivity index (χ1n) is 5.94. The molecule has 1 unspecified atom stereocenters. The molecular weight excluding hydrogens is 279 g/mol. The van der Waals surface area contributed by atoms with E-state index in [0.717, 1.165) is 4.88 Å². The number of hydrogen-bond donors (Lipinski definition) is 1. The smallest absolute Gasteiger partial charge is 0.404 e. The summed E-state index contributed by atoms with van der Waals surface area (Å²) in [6.07, 6.45) is -4.00. The Morgan fingerprint density at radius 2 is 2.21 bits per heavy atom. The van der Waals surface area contributed by atoms with Gasteiger partial charge >= 0.3 is 12.1 Å². The summed E-state index contributed by atoms with van der Waals surface area (Å²) in [6.45, 7) is 0.166. The number of thiophene rings is 1. The fourth-order valence-corrected chi connectivity index (χ4v) is 2.78. The number of rotatable bonds is 6. The molecule has 0 spiro atoms. The van der Waals surface area contributed by atoms with E-state index >= 15 is 0 Å². The van der Waals surface area contributed by atoms with Crippen LogP contribution in [0.4, 0.5) is 13.2 Å². The Morgan fingerprint density at radius 1 is 1.53 bits per heavy atom. The zero-order chi connectivity index (χ0) is 14.0. The van der Waals surface area contributed by atoms with Gasteiger partial charge in [0.2, 0.25) is 0 Å². The zero-order valence-corrected chi connectivity index (χ0v) is 10.9. The van der Waals surface area contributed by atoms with Crippen molar-refractivity contribution >= 4 is 17.3 Å². The number of nitrogens with zero attached hydrogens (tertiary/aromatic N) is 1. The fourth-order valence-electron chi connectivity index (χ4n) is 2.07. The van der Waals surface area contributed by atoms with Gasteiger partial charge in [0.05, 0.1) is 6.42 Å². The van der Waals surface area contributed by atoms with E-state index in [-0.39, 0.29) is 12.6 Å². The topological polar surface area (TPSA) is 40.5 Å². The summed E-state index contributed by atoms with van der Waals surface area (Å²) in [5.74, 6) is -1.42. The maximum Gasteiger partial charge on any atom is 0.404 e. The number of carboxylic acids is 1. The van der Waals surface area contributed by atoms with Crippen LogP contribution in [0.3, 0.4) is 0 Å². The molecule has 1 aliphatic rings. The van der Waals surface area contributed by atoms with E-state index in [2.05, 4.69) is 0 Å². The fraction of sp³-hybridized carbons (Fsp3) is 0.583. The summed E-state index contributed by atoms with van der Waals surface area (Å²) in [6, 6.07) is 1.51. The van der Waals surface area contributed by atoms with Gasteiger partial charge in [-0.25, -0.2) is 0 Å². The molecule has 1 saturated carbocycles. The summed E-state index contributed by atoms with van der Waals surface area (Å²) < 4.78 is 39.1. The highest BCUT2D eigenvalue weighted by atomic mass is 32.1. The molecule has 0 bridgehead atoms. The Hall–Kier alpha value is -1.08. The Bertz CT molecular complexity index is 429. The monoisotopic (exact) mass is 293 g/mol. The van der Waals surface area contributed by atoms with E-state index in [0.29, 0.717) is 12.8 Å². The van der Waals surface area contributed by atoms with E-state index in [9.17, 15) is 18.0 Å². The molecule has 0 saturated heterocycles. The number of halogens is 3. The van der Waals surface area contributed by atoms with Crippen molar-refractivity contribution in [3.8, 4) is 0 Å². The molecular formula is C12H14F3NO2S. The van der Waals surface area contributed by atoms with Gasteiger partial charge in [-0.05, 0) is 24.3 Å². The van der Waals surface area contributed by atoms with Crippen LogP contribution >= 0.6 is 11.3 Å². The normalized spacial score (nSPS) is 17.7. The molecule has 2 rings (SSSR count). The molecule has 3 nitrogen and oxygen atoms in total. The summed E-state index contributed by atoms with van der Waals surface area (Å²) in [4.78, 5) is 12.8. The van der Waals surface area contributed by atoms with Crippen LogP contribution in [0.1, 0.15) is 24.1 Å². The second-order valence-corrected chi connectivity index (χ2v) is 5.67. The van der Waals surface area contributed by atoms with E-state index in [1.54, 1.807) is 17.5 Å². The number of aliphatic carboxylic acids is 1. The van der Waals surface area contributed by atoms with E-state index in [4.69, 9.17) is 5.11 Å². The maximum absolute atomic E-state index is 13.0. The first-order chi connectivity index (χ1) is 8.88. The van der Waals surface area contributed by atoms with Crippen molar-refractivity contribution in [3.63, 3.8) is 0 Å². The molecule has 1 aliphatic carbocycles. The van der Waals surface area contributed by atoms with Crippen molar-refractivity contribution in [2.45, 2.75) is 44.1 Å². The van der Waals surface area contributed by atoms with Crippen molar-refractivity contribution in [1.82, 2.24) is 4.90 Å². The number of carbonyl (C=O) groups is 1. The van der Waals surface area contributed by atoms with Gasteiger partial charge in [0, 0.05) is 17.5 Å². The lowest BCUT2D eigenvalue weighted by atomic mass is 10.1. The molecule has 19 heavy (non-hydrogen) atoms. The summed E-state index contributed by atoms with van der Waals surface area (Å²) in [5.41, 5.74) is 0. The highest BCUT2D eigenvalue weighted by molar-refractivity contribution is 7.09. The Kier molecular flexibility index (Phi) is 4.15. The highest BCUT2D eigenvalue weighted by Gasteiger charge is 2.48. The van der Waals surface area contributed by atoms with Crippen molar-refractivity contribution < 1.29 is 23.1 Å². The van der Waals surface area contributed by atoms with Gasteiger partial charge in [-0.15, -0.1) is 11.3 Å². The van der Waals surface area contributed by atoms with Crippen LogP contribution in [0, 0.1) is 0 Å². The van der Waals surface area contributed by atoms with Crippen LogP contribution in [0.5, 0.6) is 0 Å². The molecule has 7 heteroatoms. The molecule has 1 atom stereocenters. The molecule has 1 fully saturated rings. The Labute approximate surface area is 112 Å². The lowest BCUT2D eigenvalue weighted by Gasteiger charge is -2.32.